The lowest BCUT2D eigenvalue weighted by Gasteiger charge is -2.30. The van der Waals surface area contributed by atoms with Gasteiger partial charge in [0.2, 0.25) is 11.8 Å². The van der Waals surface area contributed by atoms with Crippen molar-refractivity contribution < 1.29 is 19.1 Å². The lowest BCUT2D eigenvalue weighted by Crippen LogP contribution is -2.52. The predicted octanol–water partition coefficient (Wildman–Crippen LogP) is 3.45. The maximum Gasteiger partial charge on any atom is 0.408 e. The van der Waals surface area contributed by atoms with Gasteiger partial charge in [-0.2, -0.15) is 0 Å². The maximum absolute atomic E-state index is 13.3. The van der Waals surface area contributed by atoms with Crippen LogP contribution in [-0.4, -0.2) is 36.1 Å². The van der Waals surface area contributed by atoms with Crippen LogP contribution in [0, 0.1) is 5.92 Å². The number of alkyl carbamates (subject to hydrolysis) is 1. The first-order chi connectivity index (χ1) is 13.2. The Morgan fingerprint density at radius 1 is 1.14 bits per heavy atom. The summed E-state index contributed by atoms with van der Waals surface area (Å²) in [6.45, 7) is 5.36. The van der Waals surface area contributed by atoms with E-state index in [1.54, 1.807) is 31.7 Å². The molecule has 7 heteroatoms. The van der Waals surface area contributed by atoms with Gasteiger partial charge in [0, 0.05) is 5.92 Å². The van der Waals surface area contributed by atoms with Gasteiger partial charge in [0.1, 0.15) is 11.6 Å². The number of anilines is 2. The van der Waals surface area contributed by atoms with Crippen LogP contribution in [0.4, 0.5) is 16.2 Å². The van der Waals surface area contributed by atoms with Crippen molar-refractivity contribution in [3.8, 4) is 0 Å². The smallest absolute Gasteiger partial charge is 0.408 e. The van der Waals surface area contributed by atoms with Gasteiger partial charge in [-0.3, -0.25) is 9.59 Å². The van der Waals surface area contributed by atoms with Crippen molar-refractivity contribution in [3.05, 3.63) is 24.3 Å². The highest BCUT2D eigenvalue weighted by Crippen LogP contribution is 2.33. The molecule has 3 amide bonds. The standard InChI is InChI=1S/C21H29N3O4/c1-21(2,3)28-20(27)23-16-13-24(19(26)14-9-5-4-6-10-14)17-12-8-7-11-15(17)22-18(16)25/h7-8,11-12,14,16H,4-6,9-10,13H2,1-3H3,(H,22,25)(H,23,27). The quantitative estimate of drug-likeness (QED) is 0.814. The summed E-state index contributed by atoms with van der Waals surface area (Å²) in [5.41, 5.74) is 0.566. The van der Waals surface area contributed by atoms with Gasteiger partial charge in [-0.1, -0.05) is 31.4 Å². The normalized spacial score (nSPS) is 20.6. The molecule has 1 aliphatic heterocycles. The van der Waals surface area contributed by atoms with Crippen molar-refractivity contribution in [2.75, 3.05) is 16.8 Å². The average molecular weight is 387 g/mol. The number of nitrogens with zero attached hydrogens (tertiary/aromatic N) is 1. The van der Waals surface area contributed by atoms with Crippen molar-refractivity contribution >= 4 is 29.3 Å². The number of fused-ring (bicyclic) bond motifs is 1. The number of hydrogen-bond acceptors (Lipinski definition) is 4. The molecule has 0 radical (unpaired) electrons. The molecule has 1 aromatic rings. The molecule has 7 nitrogen and oxygen atoms in total. The third-order valence-corrected chi connectivity index (χ3v) is 5.05. The Morgan fingerprint density at radius 2 is 1.82 bits per heavy atom. The van der Waals surface area contributed by atoms with E-state index in [9.17, 15) is 14.4 Å². The van der Waals surface area contributed by atoms with Crippen molar-refractivity contribution in [1.29, 1.82) is 0 Å². The molecular formula is C21H29N3O4. The molecule has 1 aromatic carbocycles. The first kappa shape index (κ1) is 20.2. The summed E-state index contributed by atoms with van der Waals surface area (Å²) in [6, 6.07) is 6.35. The summed E-state index contributed by atoms with van der Waals surface area (Å²) >= 11 is 0. The summed E-state index contributed by atoms with van der Waals surface area (Å²) in [4.78, 5) is 39.8. The largest absolute Gasteiger partial charge is 0.444 e. The van der Waals surface area contributed by atoms with E-state index < -0.39 is 17.7 Å². The van der Waals surface area contributed by atoms with E-state index in [0.29, 0.717) is 11.4 Å². The molecule has 1 fully saturated rings. The van der Waals surface area contributed by atoms with Crippen LogP contribution in [0.5, 0.6) is 0 Å². The Balaban J connectivity index is 1.84. The van der Waals surface area contributed by atoms with E-state index in [0.717, 1.165) is 32.1 Å². The van der Waals surface area contributed by atoms with Crippen LogP contribution in [0.1, 0.15) is 52.9 Å². The summed E-state index contributed by atoms with van der Waals surface area (Å²) < 4.78 is 5.29. The molecule has 0 bridgehead atoms. The van der Waals surface area contributed by atoms with Gasteiger partial charge in [-0.15, -0.1) is 0 Å². The fraction of sp³-hybridized carbons (Fsp3) is 0.571. The first-order valence-electron chi connectivity index (χ1n) is 9.95. The Morgan fingerprint density at radius 3 is 2.50 bits per heavy atom. The molecule has 1 unspecified atom stereocenters. The second-order valence-corrected chi connectivity index (χ2v) is 8.49. The lowest BCUT2D eigenvalue weighted by molar-refractivity contribution is -0.123. The number of carbonyl (C=O) groups excluding carboxylic acids is 3. The number of hydrogen-bond donors (Lipinski definition) is 2. The van der Waals surface area contributed by atoms with E-state index in [1.165, 1.54) is 0 Å². The van der Waals surface area contributed by atoms with Crippen LogP contribution in [0.3, 0.4) is 0 Å². The second-order valence-electron chi connectivity index (χ2n) is 8.49. The van der Waals surface area contributed by atoms with Crippen molar-refractivity contribution in [2.24, 2.45) is 5.92 Å². The Labute approximate surface area is 165 Å². The summed E-state index contributed by atoms with van der Waals surface area (Å²) in [7, 11) is 0. The monoisotopic (exact) mass is 387 g/mol. The van der Waals surface area contributed by atoms with Crippen molar-refractivity contribution in [1.82, 2.24) is 5.32 Å². The zero-order valence-corrected chi connectivity index (χ0v) is 16.8. The summed E-state index contributed by atoms with van der Waals surface area (Å²) in [6.07, 6.45) is 4.30. The zero-order chi connectivity index (χ0) is 20.3. The second kappa shape index (κ2) is 8.20. The van der Waals surface area contributed by atoms with Crippen LogP contribution >= 0.6 is 0 Å². The van der Waals surface area contributed by atoms with E-state index in [-0.39, 0.29) is 24.3 Å². The number of ether oxygens (including phenoxy) is 1. The van der Waals surface area contributed by atoms with Crippen LogP contribution < -0.4 is 15.5 Å². The topological polar surface area (TPSA) is 87.7 Å². The molecule has 0 saturated heterocycles. The van der Waals surface area contributed by atoms with Crippen LogP contribution in [-0.2, 0) is 14.3 Å². The van der Waals surface area contributed by atoms with Crippen LogP contribution in [0.2, 0.25) is 0 Å². The van der Waals surface area contributed by atoms with E-state index >= 15 is 0 Å². The fourth-order valence-electron chi connectivity index (χ4n) is 3.74. The molecule has 28 heavy (non-hydrogen) atoms. The first-order valence-corrected chi connectivity index (χ1v) is 9.95. The number of benzene rings is 1. The van der Waals surface area contributed by atoms with Gasteiger partial charge >= 0.3 is 6.09 Å². The molecule has 2 N–H and O–H groups in total. The highest BCUT2D eigenvalue weighted by Gasteiger charge is 2.35. The van der Waals surface area contributed by atoms with Gasteiger partial charge in [-0.05, 0) is 45.7 Å². The number of amides is 3. The average Bonchev–Trinajstić information content (AvgIpc) is 2.77. The molecule has 0 spiro atoms. The van der Waals surface area contributed by atoms with E-state index in [1.807, 2.05) is 18.2 Å². The molecule has 1 saturated carbocycles. The van der Waals surface area contributed by atoms with Crippen molar-refractivity contribution in [3.63, 3.8) is 0 Å². The highest BCUT2D eigenvalue weighted by atomic mass is 16.6. The summed E-state index contributed by atoms with van der Waals surface area (Å²) in [5, 5.41) is 5.45. The highest BCUT2D eigenvalue weighted by molar-refractivity contribution is 6.07. The van der Waals surface area contributed by atoms with Crippen LogP contribution in [0.25, 0.3) is 0 Å². The molecule has 3 rings (SSSR count). The van der Waals surface area contributed by atoms with Gasteiger partial charge in [-0.25, -0.2) is 4.79 Å². The Kier molecular flexibility index (Phi) is 5.91. The molecule has 1 atom stereocenters. The number of carbonyl (C=O) groups is 3. The number of para-hydroxylation sites is 2. The SMILES string of the molecule is CC(C)(C)OC(=O)NC1CN(C(=O)C2CCCCC2)c2ccccc2NC1=O. The van der Waals surface area contributed by atoms with Gasteiger partial charge in [0.15, 0.2) is 0 Å². The zero-order valence-electron chi connectivity index (χ0n) is 16.8. The predicted molar refractivity (Wildman–Crippen MR) is 107 cm³/mol. The summed E-state index contributed by atoms with van der Waals surface area (Å²) in [5.74, 6) is -0.394. The van der Waals surface area contributed by atoms with Gasteiger partial charge in [0.25, 0.3) is 0 Å². The molecule has 2 aliphatic rings. The Hall–Kier alpha value is -2.57. The van der Waals surface area contributed by atoms with Gasteiger partial charge < -0.3 is 20.3 Å². The molecule has 1 heterocycles. The number of nitrogens with one attached hydrogen (secondary N) is 2. The Bertz CT molecular complexity index is 750. The third-order valence-electron chi connectivity index (χ3n) is 5.05. The van der Waals surface area contributed by atoms with E-state index in [4.69, 9.17) is 4.74 Å². The lowest BCUT2D eigenvalue weighted by atomic mass is 9.88. The number of rotatable bonds is 2. The minimum absolute atomic E-state index is 0.0136. The minimum Gasteiger partial charge on any atom is -0.444 e. The molecule has 1 aliphatic carbocycles. The van der Waals surface area contributed by atoms with Crippen LogP contribution in [0.15, 0.2) is 24.3 Å². The van der Waals surface area contributed by atoms with Crippen molar-refractivity contribution in [2.45, 2.75) is 64.5 Å². The molecule has 152 valence electrons. The van der Waals surface area contributed by atoms with E-state index in [2.05, 4.69) is 10.6 Å². The molecular weight excluding hydrogens is 358 g/mol. The van der Waals surface area contributed by atoms with Gasteiger partial charge in [0.05, 0.1) is 17.9 Å². The minimum atomic E-state index is -0.894. The molecule has 0 aromatic heterocycles. The fourth-order valence-corrected chi connectivity index (χ4v) is 3.74. The maximum atomic E-state index is 13.3. The third kappa shape index (κ3) is 4.82.